The maximum Gasteiger partial charge on any atom is 0.193 e. The van der Waals surface area contributed by atoms with E-state index in [9.17, 15) is 0 Å². The van der Waals surface area contributed by atoms with E-state index in [4.69, 9.17) is 4.99 Å². The van der Waals surface area contributed by atoms with E-state index in [0.717, 1.165) is 50.2 Å². The Labute approximate surface area is 158 Å². The highest BCUT2D eigenvalue weighted by molar-refractivity contribution is 5.80. The topological polar surface area (TPSA) is 43.8 Å². The van der Waals surface area contributed by atoms with Gasteiger partial charge in [-0.2, -0.15) is 0 Å². The van der Waals surface area contributed by atoms with Crippen molar-refractivity contribution in [3.63, 3.8) is 0 Å². The van der Waals surface area contributed by atoms with Gasteiger partial charge in [-0.25, -0.2) is 0 Å². The summed E-state index contributed by atoms with van der Waals surface area (Å²) >= 11 is 0. The van der Waals surface area contributed by atoms with Crippen LogP contribution in [0.2, 0.25) is 0 Å². The molecule has 1 aromatic rings. The second kappa shape index (κ2) is 9.91. The quantitative estimate of drug-likeness (QED) is 0.628. The summed E-state index contributed by atoms with van der Waals surface area (Å²) in [5.74, 6) is 1.88. The molecule has 26 heavy (non-hydrogen) atoms. The summed E-state index contributed by atoms with van der Waals surface area (Å²) in [5, 5.41) is 3.49. The van der Waals surface area contributed by atoms with Crippen LogP contribution in [-0.2, 0) is 6.42 Å². The Bertz CT molecular complexity index is 562. The predicted molar refractivity (Wildman–Crippen MR) is 109 cm³/mol. The normalized spacial score (nSPS) is 22.0. The number of aromatic nitrogens is 1. The van der Waals surface area contributed by atoms with Gasteiger partial charge in [0.1, 0.15) is 0 Å². The molecular formula is C21H35N5. The van der Waals surface area contributed by atoms with Crippen LogP contribution in [0.15, 0.2) is 23.3 Å². The van der Waals surface area contributed by atoms with E-state index in [1.807, 2.05) is 13.1 Å². The fourth-order valence-electron chi connectivity index (χ4n) is 4.04. The summed E-state index contributed by atoms with van der Waals surface area (Å²) in [4.78, 5) is 14.4. The molecule has 0 aromatic carbocycles. The van der Waals surface area contributed by atoms with Gasteiger partial charge in [-0.3, -0.25) is 9.98 Å². The van der Waals surface area contributed by atoms with Crippen LogP contribution in [0.4, 0.5) is 0 Å². The van der Waals surface area contributed by atoms with Gasteiger partial charge in [0, 0.05) is 44.6 Å². The standard InChI is InChI=1S/C21H35N5/c1-3-22-21(23-11-9-19-8-7-18(2)24-15-19)26-14-10-20(17-26)16-25-12-5-4-6-13-25/h7-8,15,20H,3-6,9-14,16-17H2,1-2H3,(H,22,23). The van der Waals surface area contributed by atoms with Crippen LogP contribution in [0, 0.1) is 12.8 Å². The molecular weight excluding hydrogens is 322 g/mol. The third-order valence-electron chi connectivity index (χ3n) is 5.52. The molecule has 0 spiro atoms. The Balaban J connectivity index is 1.49. The number of hydrogen-bond acceptors (Lipinski definition) is 3. The zero-order valence-corrected chi connectivity index (χ0v) is 16.6. The van der Waals surface area contributed by atoms with Gasteiger partial charge in [0.15, 0.2) is 5.96 Å². The Morgan fingerprint density at radius 1 is 1.23 bits per heavy atom. The highest BCUT2D eigenvalue weighted by Gasteiger charge is 2.26. The van der Waals surface area contributed by atoms with Gasteiger partial charge in [-0.05, 0) is 70.2 Å². The van der Waals surface area contributed by atoms with Crippen molar-refractivity contribution in [1.29, 1.82) is 0 Å². The first kappa shape index (κ1) is 19.2. The molecule has 3 rings (SSSR count). The first-order chi connectivity index (χ1) is 12.7. The second-order valence-corrected chi connectivity index (χ2v) is 7.76. The van der Waals surface area contributed by atoms with Crippen LogP contribution in [0.25, 0.3) is 0 Å². The Morgan fingerprint density at radius 2 is 2.08 bits per heavy atom. The van der Waals surface area contributed by atoms with Gasteiger partial charge < -0.3 is 15.1 Å². The lowest BCUT2D eigenvalue weighted by molar-refractivity contribution is 0.198. The van der Waals surface area contributed by atoms with E-state index in [1.54, 1.807) is 0 Å². The van der Waals surface area contributed by atoms with E-state index in [0.29, 0.717) is 0 Å². The molecule has 1 N–H and O–H groups in total. The van der Waals surface area contributed by atoms with Crippen LogP contribution >= 0.6 is 0 Å². The molecule has 0 amide bonds. The van der Waals surface area contributed by atoms with Crippen molar-refractivity contribution >= 4 is 5.96 Å². The van der Waals surface area contributed by atoms with Crippen LogP contribution in [0.3, 0.4) is 0 Å². The second-order valence-electron chi connectivity index (χ2n) is 7.76. The third-order valence-corrected chi connectivity index (χ3v) is 5.52. The summed E-state index contributed by atoms with van der Waals surface area (Å²) in [6.45, 7) is 12.1. The van der Waals surface area contributed by atoms with Gasteiger partial charge in [0.25, 0.3) is 0 Å². The van der Waals surface area contributed by atoms with Crippen LogP contribution in [-0.4, -0.2) is 66.6 Å². The molecule has 2 aliphatic rings. The fourth-order valence-corrected chi connectivity index (χ4v) is 4.04. The number of nitrogens with zero attached hydrogens (tertiary/aromatic N) is 4. The average Bonchev–Trinajstić information content (AvgIpc) is 3.12. The van der Waals surface area contributed by atoms with Gasteiger partial charge in [0.2, 0.25) is 0 Å². The Morgan fingerprint density at radius 3 is 2.81 bits per heavy atom. The lowest BCUT2D eigenvalue weighted by Gasteiger charge is -2.29. The molecule has 0 bridgehead atoms. The van der Waals surface area contributed by atoms with E-state index in [-0.39, 0.29) is 0 Å². The van der Waals surface area contributed by atoms with Crippen molar-refractivity contribution in [2.75, 3.05) is 45.8 Å². The summed E-state index contributed by atoms with van der Waals surface area (Å²) in [5.41, 5.74) is 2.34. The Hall–Kier alpha value is -1.62. The minimum Gasteiger partial charge on any atom is -0.357 e. The Kier molecular flexibility index (Phi) is 7.30. The largest absolute Gasteiger partial charge is 0.357 e. The lowest BCUT2D eigenvalue weighted by Crippen LogP contribution is -2.41. The first-order valence-electron chi connectivity index (χ1n) is 10.4. The number of nitrogens with one attached hydrogen (secondary N) is 1. The molecule has 2 fully saturated rings. The van der Waals surface area contributed by atoms with Crippen molar-refractivity contribution in [3.05, 3.63) is 29.6 Å². The molecule has 144 valence electrons. The van der Waals surface area contributed by atoms with E-state index < -0.39 is 0 Å². The molecule has 2 aliphatic heterocycles. The van der Waals surface area contributed by atoms with Gasteiger partial charge in [-0.15, -0.1) is 0 Å². The maximum absolute atomic E-state index is 4.88. The molecule has 2 saturated heterocycles. The monoisotopic (exact) mass is 357 g/mol. The molecule has 0 aliphatic carbocycles. The lowest BCUT2D eigenvalue weighted by atomic mass is 10.1. The number of rotatable bonds is 6. The van der Waals surface area contributed by atoms with Crippen LogP contribution in [0.5, 0.6) is 0 Å². The zero-order chi connectivity index (χ0) is 18.2. The highest BCUT2D eigenvalue weighted by atomic mass is 15.3. The minimum absolute atomic E-state index is 0.790. The van der Waals surface area contributed by atoms with E-state index in [2.05, 4.69) is 39.2 Å². The number of piperidine rings is 1. The maximum atomic E-state index is 4.88. The predicted octanol–water partition coefficient (Wildman–Crippen LogP) is 2.71. The van der Waals surface area contributed by atoms with Crippen molar-refractivity contribution < 1.29 is 0 Å². The van der Waals surface area contributed by atoms with Crippen molar-refractivity contribution in [1.82, 2.24) is 20.1 Å². The molecule has 3 heterocycles. The smallest absolute Gasteiger partial charge is 0.193 e. The zero-order valence-electron chi connectivity index (χ0n) is 16.6. The number of likely N-dealkylation sites (tertiary alicyclic amines) is 2. The van der Waals surface area contributed by atoms with E-state index >= 15 is 0 Å². The van der Waals surface area contributed by atoms with Crippen molar-refractivity contribution in [2.24, 2.45) is 10.9 Å². The average molecular weight is 358 g/mol. The first-order valence-corrected chi connectivity index (χ1v) is 10.4. The summed E-state index contributed by atoms with van der Waals surface area (Å²) in [6, 6.07) is 4.24. The number of pyridine rings is 1. The molecule has 1 atom stereocenters. The molecule has 0 radical (unpaired) electrons. The number of aliphatic imine (C=N–C) groups is 1. The minimum atomic E-state index is 0.790. The SMILES string of the molecule is CCNC(=NCCc1ccc(C)nc1)N1CCC(CN2CCCCC2)C1. The third kappa shape index (κ3) is 5.70. The highest BCUT2D eigenvalue weighted by Crippen LogP contribution is 2.20. The molecule has 0 saturated carbocycles. The van der Waals surface area contributed by atoms with Crippen LogP contribution < -0.4 is 5.32 Å². The molecule has 1 aromatic heterocycles. The number of guanidine groups is 1. The van der Waals surface area contributed by atoms with E-state index in [1.165, 1.54) is 50.9 Å². The van der Waals surface area contributed by atoms with Gasteiger partial charge in [-0.1, -0.05) is 12.5 Å². The molecule has 5 nitrogen and oxygen atoms in total. The summed E-state index contributed by atoms with van der Waals surface area (Å²) < 4.78 is 0. The van der Waals surface area contributed by atoms with Gasteiger partial charge in [0.05, 0.1) is 0 Å². The van der Waals surface area contributed by atoms with Crippen LogP contribution in [0.1, 0.15) is 43.9 Å². The summed E-state index contributed by atoms with van der Waals surface area (Å²) in [6.07, 6.45) is 8.40. The van der Waals surface area contributed by atoms with Crippen molar-refractivity contribution in [3.8, 4) is 0 Å². The van der Waals surface area contributed by atoms with Gasteiger partial charge >= 0.3 is 0 Å². The molecule has 5 heteroatoms. The fraction of sp³-hybridized carbons (Fsp3) is 0.714. The molecule has 1 unspecified atom stereocenters. The number of aryl methyl sites for hydroxylation is 1. The number of hydrogen-bond donors (Lipinski definition) is 1. The summed E-state index contributed by atoms with van der Waals surface area (Å²) in [7, 11) is 0. The van der Waals surface area contributed by atoms with Crippen molar-refractivity contribution in [2.45, 2.75) is 46.0 Å².